The van der Waals surface area contributed by atoms with Crippen molar-refractivity contribution in [1.82, 2.24) is 0 Å². The summed E-state index contributed by atoms with van der Waals surface area (Å²) in [5.74, 6) is 0. The number of nitrogens with one attached hydrogen (secondary N) is 1. The molecule has 0 spiro atoms. The van der Waals surface area contributed by atoms with Crippen molar-refractivity contribution < 1.29 is 19.8 Å². The Kier molecular flexibility index (Phi) is 6.27. The van der Waals surface area contributed by atoms with Crippen molar-refractivity contribution in [3.8, 4) is 0 Å². The van der Waals surface area contributed by atoms with Crippen LogP contribution in [0.3, 0.4) is 0 Å². The van der Waals surface area contributed by atoms with Crippen LogP contribution in [0.5, 0.6) is 0 Å². The van der Waals surface area contributed by atoms with Crippen LogP contribution < -0.4 is 20.0 Å². The molecule has 1 N–H and O–H groups in total. The van der Waals surface area contributed by atoms with E-state index in [1.165, 1.54) is 16.9 Å². The zero-order valence-corrected chi connectivity index (χ0v) is 18.7. The summed E-state index contributed by atoms with van der Waals surface area (Å²) < 4.78 is 0. The van der Waals surface area contributed by atoms with E-state index in [-0.39, 0.29) is 19.8 Å². The maximum Gasteiger partial charge on any atom is 0.0326 e. The summed E-state index contributed by atoms with van der Waals surface area (Å²) in [5, 5.41) is 3.36. The Balaban J connectivity index is 0.00000225. The van der Waals surface area contributed by atoms with Crippen molar-refractivity contribution in [3.63, 3.8) is 0 Å². The van der Waals surface area contributed by atoms with E-state index in [4.69, 9.17) is 0 Å². The fourth-order valence-corrected chi connectivity index (χ4v) is 3.33. The second-order valence-corrected chi connectivity index (χ2v) is 6.71. The van der Waals surface area contributed by atoms with Gasteiger partial charge in [0.25, 0.3) is 0 Å². The largest absolute Gasteiger partial charge is 0.536 e. The number of benzene rings is 3. The number of aryl methyl sites for hydroxylation is 1. The average molecular weight is 546 g/mol. The van der Waals surface area contributed by atoms with E-state index in [0.29, 0.717) is 0 Å². The van der Waals surface area contributed by atoms with E-state index in [1.54, 1.807) is 0 Å². The van der Waals surface area contributed by atoms with Crippen LogP contribution in [0.1, 0.15) is 5.56 Å². The molecule has 0 fully saturated rings. The van der Waals surface area contributed by atoms with Gasteiger partial charge < -0.3 is 20.0 Å². The number of rotatable bonds is 5. The maximum absolute atomic E-state index is 3.47. The van der Waals surface area contributed by atoms with Gasteiger partial charge in [0, 0.05) is 36.9 Å². The number of para-hydroxylation sites is 3. The van der Waals surface area contributed by atoms with Crippen molar-refractivity contribution in [2.45, 2.75) is 6.92 Å². The summed E-state index contributed by atoms with van der Waals surface area (Å²) in [7, 11) is 4.10. The van der Waals surface area contributed by atoms with Gasteiger partial charge in [-0.15, -0.1) is 23.5 Å². The van der Waals surface area contributed by atoms with Crippen LogP contribution in [0.25, 0.3) is 0 Å². The molecule has 146 valence electrons. The Hall–Kier alpha value is -2.50. The Morgan fingerprint density at radius 3 is 2.46 bits per heavy atom. The summed E-state index contributed by atoms with van der Waals surface area (Å²) in [6.07, 6.45) is 0. The molecule has 0 saturated heterocycles. The van der Waals surface area contributed by atoms with Crippen LogP contribution in [0.4, 0.5) is 28.4 Å². The van der Waals surface area contributed by atoms with Gasteiger partial charge in [-0.05, 0) is 44.8 Å². The number of anilines is 5. The van der Waals surface area contributed by atoms with Crippen molar-refractivity contribution in [2.75, 3.05) is 34.1 Å². The van der Waals surface area contributed by atoms with Gasteiger partial charge in [-0.25, -0.2) is 0 Å². The molecule has 1 heterocycles. The van der Waals surface area contributed by atoms with E-state index in [9.17, 15) is 0 Å². The van der Waals surface area contributed by atoms with Crippen LogP contribution in [-0.4, -0.2) is 14.1 Å². The second kappa shape index (κ2) is 8.67. The third-order valence-electron chi connectivity index (χ3n) is 4.76. The first-order chi connectivity index (χ1) is 13.1. The van der Waals surface area contributed by atoms with E-state index in [1.807, 2.05) is 25.8 Å². The summed E-state index contributed by atoms with van der Waals surface area (Å²) in [4.78, 5) is 6.37. The molecule has 0 aliphatic carbocycles. The van der Waals surface area contributed by atoms with Crippen LogP contribution in [0.15, 0.2) is 66.7 Å². The summed E-state index contributed by atoms with van der Waals surface area (Å²) in [6, 6.07) is 26.3. The summed E-state index contributed by atoms with van der Waals surface area (Å²) in [5.41, 5.74) is 6.69. The molecule has 1 aliphatic rings. The first-order valence-corrected chi connectivity index (χ1v) is 9.00. The number of fused-ring (bicyclic) bond motifs is 1. The maximum atomic E-state index is 3.47. The molecule has 0 aromatic heterocycles. The molecule has 0 saturated carbocycles. The van der Waals surface area contributed by atoms with Crippen LogP contribution >= 0.6 is 0 Å². The Morgan fingerprint density at radius 1 is 0.964 bits per heavy atom. The monoisotopic (exact) mass is 547 g/mol. The molecule has 0 unspecified atom stereocenters. The third kappa shape index (κ3) is 4.00. The Morgan fingerprint density at radius 2 is 1.68 bits per heavy atom. The van der Waals surface area contributed by atoms with Gasteiger partial charge in [-0.3, -0.25) is 0 Å². The molecule has 0 bridgehead atoms. The van der Waals surface area contributed by atoms with Crippen molar-refractivity contribution in [2.24, 2.45) is 0 Å². The molecule has 1 aliphatic heterocycles. The molecule has 4 nitrogen and oxygen atoms in total. The normalized spacial score (nSPS) is 12.4. The minimum absolute atomic E-state index is 0. The smallest absolute Gasteiger partial charge is 0.0326 e. The van der Waals surface area contributed by atoms with Gasteiger partial charge in [0.15, 0.2) is 0 Å². The van der Waals surface area contributed by atoms with Gasteiger partial charge >= 0.3 is 0 Å². The average Bonchev–Trinajstić information content (AvgIpc) is 3.04. The molecular weight excluding hydrogens is 523 g/mol. The molecule has 0 radical (unpaired) electrons. The van der Waals surface area contributed by atoms with Gasteiger partial charge in [0.1, 0.15) is 0 Å². The predicted molar refractivity (Wildman–Crippen MR) is 114 cm³/mol. The first kappa shape index (κ1) is 20.2. The molecular formula is C23H23N4Os-3. The SMILES string of the molecule is Cc1ccccc1N(C)[CH-]Nc1[c-]c(N2[CH-]N(C)c3ccccc32)ccc1.[Os]. The topological polar surface area (TPSA) is 21.8 Å². The van der Waals surface area contributed by atoms with Crippen molar-refractivity contribution >= 4 is 28.4 Å². The van der Waals surface area contributed by atoms with Crippen LogP contribution in [0, 0.1) is 26.3 Å². The fourth-order valence-electron chi connectivity index (χ4n) is 3.33. The summed E-state index contributed by atoms with van der Waals surface area (Å²) >= 11 is 0. The van der Waals surface area contributed by atoms with E-state index >= 15 is 0 Å². The van der Waals surface area contributed by atoms with Gasteiger partial charge in [0.2, 0.25) is 0 Å². The standard InChI is InChI=1S/C23H23N4.Os/c1-18-9-4-5-12-21(18)25(2)16-24-19-10-8-11-20(15-19)27-17-26(3)22-13-6-7-14-23(22)27;/h4-14,16-17,24H,1-3H3;/q-3;. The predicted octanol–water partition coefficient (Wildman–Crippen LogP) is 5.17. The molecule has 28 heavy (non-hydrogen) atoms. The zero-order chi connectivity index (χ0) is 18.8. The van der Waals surface area contributed by atoms with E-state index in [0.717, 1.165) is 17.1 Å². The number of nitrogens with zero attached hydrogens (tertiary/aromatic N) is 3. The Bertz CT molecular complexity index is 943. The van der Waals surface area contributed by atoms with Gasteiger partial charge in [-0.1, -0.05) is 30.3 Å². The molecule has 5 heteroatoms. The van der Waals surface area contributed by atoms with Gasteiger partial charge in [0.05, 0.1) is 0 Å². The molecule has 0 amide bonds. The quantitative estimate of drug-likeness (QED) is 0.447. The Labute approximate surface area is 180 Å². The van der Waals surface area contributed by atoms with Gasteiger partial charge in [-0.2, -0.15) is 25.5 Å². The van der Waals surface area contributed by atoms with Crippen LogP contribution in [0.2, 0.25) is 0 Å². The zero-order valence-electron chi connectivity index (χ0n) is 16.2. The molecule has 4 rings (SSSR count). The van der Waals surface area contributed by atoms with E-state index < -0.39 is 0 Å². The van der Waals surface area contributed by atoms with E-state index in [2.05, 4.69) is 101 Å². The molecule has 3 aromatic carbocycles. The number of hydrogen-bond acceptors (Lipinski definition) is 4. The second-order valence-electron chi connectivity index (χ2n) is 6.71. The first-order valence-electron chi connectivity index (χ1n) is 9.00. The molecule has 0 atom stereocenters. The third-order valence-corrected chi connectivity index (χ3v) is 4.76. The minimum Gasteiger partial charge on any atom is -0.536 e. The minimum atomic E-state index is 0. The van der Waals surface area contributed by atoms with Crippen LogP contribution in [-0.2, 0) is 19.8 Å². The fraction of sp³-hybridized carbons (Fsp3) is 0.130. The van der Waals surface area contributed by atoms with Crippen molar-refractivity contribution in [1.29, 1.82) is 0 Å². The summed E-state index contributed by atoms with van der Waals surface area (Å²) in [6.45, 7) is 6.17. The number of hydrogen-bond donors (Lipinski definition) is 1. The molecule has 3 aromatic rings. The van der Waals surface area contributed by atoms with Crippen molar-refractivity contribution in [3.05, 3.63) is 91.7 Å².